The zero-order valence-corrected chi connectivity index (χ0v) is 17.3. The van der Waals surface area contributed by atoms with E-state index in [4.69, 9.17) is 20.8 Å². The van der Waals surface area contributed by atoms with Gasteiger partial charge in [0.05, 0.1) is 12.7 Å². The number of fused-ring (bicyclic) bond motifs is 1. The molecular formula is C22H14ClN3O3S. The Morgan fingerprint density at radius 3 is 2.67 bits per heavy atom. The van der Waals surface area contributed by atoms with Crippen LogP contribution in [0.3, 0.4) is 0 Å². The number of nitrogens with zero attached hydrogens (tertiary/aromatic N) is 3. The molecule has 8 heteroatoms. The Bertz CT molecular complexity index is 1470. The third kappa shape index (κ3) is 3.28. The minimum atomic E-state index is -0.243. The van der Waals surface area contributed by atoms with Gasteiger partial charge in [-0.1, -0.05) is 35.1 Å². The highest BCUT2D eigenvalue weighted by molar-refractivity contribution is 7.15. The van der Waals surface area contributed by atoms with Gasteiger partial charge < -0.3 is 9.15 Å². The quantitative estimate of drug-likeness (QED) is 0.421. The molecule has 0 saturated heterocycles. The highest BCUT2D eigenvalue weighted by atomic mass is 35.5. The zero-order valence-electron chi connectivity index (χ0n) is 15.7. The molecule has 0 atom stereocenters. The molecule has 5 aromatic rings. The summed E-state index contributed by atoms with van der Waals surface area (Å²) < 4.78 is 13.0. The fourth-order valence-electron chi connectivity index (χ4n) is 3.11. The summed E-state index contributed by atoms with van der Waals surface area (Å²) in [6.45, 7) is 0. The standard InChI is InChI=1S/C22H14ClN3O3S/c1-28-18-5-3-2-4-16(18)20-24-22-26(25-20)21(27)19(30-22)12-15-10-11-17(29-15)13-6-8-14(23)9-7-13/h2-12H,1H3. The largest absolute Gasteiger partial charge is 0.496 e. The molecule has 0 unspecified atom stereocenters. The Labute approximate surface area is 179 Å². The molecule has 0 spiro atoms. The molecule has 0 aliphatic heterocycles. The van der Waals surface area contributed by atoms with Crippen molar-refractivity contribution in [1.82, 2.24) is 14.6 Å². The molecule has 0 saturated carbocycles. The number of aromatic nitrogens is 3. The number of para-hydroxylation sites is 1. The number of methoxy groups -OCH3 is 1. The molecule has 0 aliphatic carbocycles. The van der Waals surface area contributed by atoms with Crippen LogP contribution in [0.1, 0.15) is 5.76 Å². The fourth-order valence-corrected chi connectivity index (χ4v) is 4.12. The number of furan rings is 1. The number of rotatable bonds is 4. The van der Waals surface area contributed by atoms with Crippen molar-refractivity contribution in [2.45, 2.75) is 0 Å². The van der Waals surface area contributed by atoms with Gasteiger partial charge in [-0.05, 0) is 48.5 Å². The molecule has 2 aromatic carbocycles. The Balaban J connectivity index is 1.52. The van der Waals surface area contributed by atoms with Crippen LogP contribution in [0.2, 0.25) is 5.02 Å². The molecule has 0 N–H and O–H groups in total. The minimum Gasteiger partial charge on any atom is -0.496 e. The van der Waals surface area contributed by atoms with Crippen LogP contribution in [-0.2, 0) is 0 Å². The topological polar surface area (TPSA) is 69.6 Å². The lowest BCUT2D eigenvalue weighted by atomic mass is 10.2. The summed E-state index contributed by atoms with van der Waals surface area (Å²) in [5, 5.41) is 5.04. The second-order valence-electron chi connectivity index (χ2n) is 6.45. The molecule has 0 fully saturated rings. The average Bonchev–Trinajstić information content (AvgIpc) is 3.46. The SMILES string of the molecule is COc1ccccc1-c1nc2sc(=Cc3ccc(-c4ccc(Cl)cc4)o3)c(=O)n2n1. The summed E-state index contributed by atoms with van der Waals surface area (Å²) in [4.78, 5) is 17.8. The molecule has 148 valence electrons. The van der Waals surface area contributed by atoms with Crippen molar-refractivity contribution in [2.24, 2.45) is 0 Å². The molecule has 6 nitrogen and oxygen atoms in total. The van der Waals surface area contributed by atoms with Crippen LogP contribution in [-0.4, -0.2) is 21.7 Å². The number of ether oxygens (including phenoxy) is 1. The lowest BCUT2D eigenvalue weighted by molar-refractivity contribution is 0.416. The normalized spacial score (nSPS) is 12.0. The first-order valence-corrected chi connectivity index (χ1v) is 10.2. The molecule has 0 bridgehead atoms. The molecule has 0 amide bonds. The number of hydrogen-bond acceptors (Lipinski definition) is 6. The van der Waals surface area contributed by atoms with Gasteiger partial charge in [0.1, 0.15) is 21.8 Å². The third-order valence-corrected chi connectivity index (χ3v) is 5.77. The monoisotopic (exact) mass is 435 g/mol. The molecule has 30 heavy (non-hydrogen) atoms. The highest BCUT2D eigenvalue weighted by Crippen LogP contribution is 2.27. The van der Waals surface area contributed by atoms with Crippen LogP contribution in [0.5, 0.6) is 5.75 Å². The summed E-state index contributed by atoms with van der Waals surface area (Å²) in [6, 6.07) is 18.5. The van der Waals surface area contributed by atoms with Crippen molar-refractivity contribution in [3.63, 3.8) is 0 Å². The van der Waals surface area contributed by atoms with E-state index >= 15 is 0 Å². The van der Waals surface area contributed by atoms with Crippen molar-refractivity contribution in [3.05, 3.63) is 86.3 Å². The van der Waals surface area contributed by atoms with E-state index in [1.54, 1.807) is 25.3 Å². The van der Waals surface area contributed by atoms with E-state index in [9.17, 15) is 4.79 Å². The minimum absolute atomic E-state index is 0.243. The zero-order chi connectivity index (χ0) is 20.7. The Kier molecular flexibility index (Phi) is 4.61. The van der Waals surface area contributed by atoms with Gasteiger partial charge in [0.15, 0.2) is 5.82 Å². The van der Waals surface area contributed by atoms with Crippen molar-refractivity contribution in [3.8, 4) is 28.5 Å². The van der Waals surface area contributed by atoms with Gasteiger partial charge in [0.25, 0.3) is 5.56 Å². The van der Waals surface area contributed by atoms with E-state index in [2.05, 4.69) is 10.1 Å². The summed E-state index contributed by atoms with van der Waals surface area (Å²) in [5.41, 5.74) is 1.40. The van der Waals surface area contributed by atoms with Crippen LogP contribution in [0.15, 0.2) is 69.9 Å². The van der Waals surface area contributed by atoms with Crippen molar-refractivity contribution in [2.75, 3.05) is 7.11 Å². The van der Waals surface area contributed by atoms with Crippen molar-refractivity contribution in [1.29, 1.82) is 0 Å². The number of halogens is 1. The van der Waals surface area contributed by atoms with Crippen molar-refractivity contribution >= 4 is 34.0 Å². The number of hydrogen-bond donors (Lipinski definition) is 0. The molecule has 3 heterocycles. The maximum atomic E-state index is 12.8. The second-order valence-corrected chi connectivity index (χ2v) is 7.90. The van der Waals surface area contributed by atoms with Gasteiger partial charge in [-0.15, -0.1) is 5.10 Å². The maximum absolute atomic E-state index is 12.8. The van der Waals surface area contributed by atoms with Gasteiger partial charge in [-0.25, -0.2) is 0 Å². The van der Waals surface area contributed by atoms with E-state index in [0.29, 0.717) is 37.6 Å². The van der Waals surface area contributed by atoms with Crippen molar-refractivity contribution < 1.29 is 9.15 Å². The predicted octanol–water partition coefficient (Wildman–Crippen LogP) is 4.29. The van der Waals surface area contributed by atoms with E-state index in [1.165, 1.54) is 15.9 Å². The molecular weight excluding hydrogens is 422 g/mol. The van der Waals surface area contributed by atoms with Gasteiger partial charge in [0.2, 0.25) is 4.96 Å². The lowest BCUT2D eigenvalue weighted by Crippen LogP contribution is -2.23. The Morgan fingerprint density at radius 2 is 1.90 bits per heavy atom. The predicted molar refractivity (Wildman–Crippen MR) is 117 cm³/mol. The first-order valence-electron chi connectivity index (χ1n) is 9.03. The summed E-state index contributed by atoms with van der Waals surface area (Å²) in [7, 11) is 1.59. The van der Waals surface area contributed by atoms with E-state index < -0.39 is 0 Å². The first-order chi connectivity index (χ1) is 14.6. The lowest BCUT2D eigenvalue weighted by Gasteiger charge is -2.03. The summed E-state index contributed by atoms with van der Waals surface area (Å²) in [6.07, 6.45) is 1.70. The number of benzene rings is 2. The fraction of sp³-hybridized carbons (Fsp3) is 0.0455. The maximum Gasteiger partial charge on any atom is 0.291 e. The Morgan fingerprint density at radius 1 is 1.10 bits per heavy atom. The molecule has 5 rings (SSSR count). The van der Waals surface area contributed by atoms with E-state index in [-0.39, 0.29) is 5.56 Å². The van der Waals surface area contributed by atoms with Gasteiger partial charge in [-0.3, -0.25) is 4.79 Å². The Hall–Kier alpha value is -3.42. The van der Waals surface area contributed by atoms with Crippen LogP contribution in [0, 0.1) is 0 Å². The smallest absolute Gasteiger partial charge is 0.291 e. The van der Waals surface area contributed by atoms with Crippen LogP contribution in [0.4, 0.5) is 0 Å². The van der Waals surface area contributed by atoms with Gasteiger partial charge in [-0.2, -0.15) is 9.50 Å². The second kappa shape index (κ2) is 7.44. The highest BCUT2D eigenvalue weighted by Gasteiger charge is 2.15. The van der Waals surface area contributed by atoms with E-state index in [1.807, 2.05) is 48.5 Å². The summed E-state index contributed by atoms with van der Waals surface area (Å²) in [5.74, 6) is 2.38. The van der Waals surface area contributed by atoms with E-state index in [0.717, 1.165) is 11.1 Å². The average molecular weight is 436 g/mol. The van der Waals surface area contributed by atoms with Crippen LogP contribution < -0.4 is 14.8 Å². The first kappa shape index (κ1) is 18.6. The molecule has 3 aromatic heterocycles. The number of thiazole rings is 1. The molecule has 0 aliphatic rings. The van der Waals surface area contributed by atoms with Gasteiger partial charge >= 0.3 is 0 Å². The summed E-state index contributed by atoms with van der Waals surface area (Å²) >= 11 is 7.19. The molecule has 0 radical (unpaired) electrons. The van der Waals surface area contributed by atoms with Gasteiger partial charge in [0, 0.05) is 16.7 Å². The third-order valence-electron chi connectivity index (χ3n) is 4.56. The van der Waals surface area contributed by atoms with Crippen LogP contribution in [0.25, 0.3) is 33.7 Å². The van der Waals surface area contributed by atoms with Crippen LogP contribution >= 0.6 is 22.9 Å².